The summed E-state index contributed by atoms with van der Waals surface area (Å²) in [5, 5.41) is 12.9. The molecule has 3 aromatic rings. The van der Waals surface area contributed by atoms with Crippen molar-refractivity contribution in [2.24, 2.45) is 5.92 Å². The number of aromatic amines is 1. The number of H-pyrrole nitrogens is 1. The zero-order chi connectivity index (χ0) is 23.7. The summed E-state index contributed by atoms with van der Waals surface area (Å²) in [6.45, 7) is 1.47. The smallest absolute Gasteiger partial charge is 0.417 e. The van der Waals surface area contributed by atoms with Gasteiger partial charge < -0.3 is 19.7 Å². The number of carboxylic acid groups (broad SMARTS) is 1. The zero-order valence-corrected chi connectivity index (χ0v) is 18.9. The molecule has 0 spiro atoms. The number of oxazole rings is 1. The van der Waals surface area contributed by atoms with Crippen LogP contribution in [0.2, 0.25) is 0 Å². The van der Waals surface area contributed by atoms with Crippen molar-refractivity contribution in [3.8, 4) is 0 Å². The van der Waals surface area contributed by atoms with Gasteiger partial charge in [0.05, 0.1) is 18.0 Å². The number of carboxylic acids is 1. The Bertz CT molecular complexity index is 1280. The molecule has 3 N–H and O–H groups in total. The maximum Gasteiger partial charge on any atom is 0.417 e. The molecular weight excluding hydrogens is 436 g/mol. The second-order valence-corrected chi connectivity index (χ2v) is 9.13. The number of nitrogens with zero attached hydrogens (tertiary/aromatic N) is 2. The van der Waals surface area contributed by atoms with Crippen molar-refractivity contribution in [2.75, 3.05) is 18.4 Å². The fourth-order valence-electron chi connectivity index (χ4n) is 5.12. The molecule has 178 valence electrons. The summed E-state index contributed by atoms with van der Waals surface area (Å²) in [5.74, 6) is -0.700. The van der Waals surface area contributed by atoms with Crippen LogP contribution >= 0.6 is 0 Å². The first-order valence-corrected chi connectivity index (χ1v) is 11.9. The third kappa shape index (κ3) is 4.55. The molecule has 0 aliphatic carbocycles. The lowest BCUT2D eigenvalue weighted by Crippen LogP contribution is -2.33. The van der Waals surface area contributed by atoms with Gasteiger partial charge in [-0.05, 0) is 67.9 Å². The quantitative estimate of drug-likeness (QED) is 0.467. The third-order valence-corrected chi connectivity index (χ3v) is 6.86. The van der Waals surface area contributed by atoms with E-state index in [1.165, 1.54) is 5.56 Å². The average Bonchev–Trinajstić information content (AvgIpc) is 3.38. The van der Waals surface area contributed by atoms with Gasteiger partial charge in [0.15, 0.2) is 5.58 Å². The molecule has 5 rings (SSSR count). The van der Waals surface area contributed by atoms with E-state index in [0.717, 1.165) is 50.2 Å². The van der Waals surface area contributed by atoms with E-state index in [1.807, 2.05) is 0 Å². The fourth-order valence-corrected chi connectivity index (χ4v) is 5.12. The number of carbonyl (C=O) groups excluding carboxylic acids is 1. The Kier molecular flexibility index (Phi) is 6.08. The maximum absolute atomic E-state index is 13.2. The summed E-state index contributed by atoms with van der Waals surface area (Å²) < 4.78 is 5.13. The van der Waals surface area contributed by atoms with Gasteiger partial charge in [-0.3, -0.25) is 14.6 Å². The number of benzene rings is 1. The summed E-state index contributed by atoms with van der Waals surface area (Å²) in [6.07, 6.45) is 5.08. The van der Waals surface area contributed by atoms with Crippen LogP contribution in [0.3, 0.4) is 0 Å². The van der Waals surface area contributed by atoms with E-state index in [0.29, 0.717) is 29.6 Å². The number of carbonyl (C=O) groups is 2. The van der Waals surface area contributed by atoms with Gasteiger partial charge in [0.1, 0.15) is 5.82 Å². The summed E-state index contributed by atoms with van der Waals surface area (Å²) >= 11 is 0. The van der Waals surface area contributed by atoms with Crippen molar-refractivity contribution in [2.45, 2.75) is 51.0 Å². The van der Waals surface area contributed by atoms with Crippen LogP contribution < -0.4 is 11.1 Å². The molecule has 1 saturated heterocycles. The monoisotopic (exact) mass is 464 g/mol. The minimum Gasteiger partial charge on any atom is -0.481 e. The Hall–Kier alpha value is -3.62. The van der Waals surface area contributed by atoms with E-state index < -0.39 is 17.8 Å². The minimum atomic E-state index is -0.982. The predicted molar refractivity (Wildman–Crippen MR) is 126 cm³/mol. The molecule has 1 aromatic carbocycles. The first-order chi connectivity index (χ1) is 16.5. The molecule has 2 unspecified atom stereocenters. The fraction of sp³-hybridized carbons (Fsp3) is 0.440. The number of likely N-dealkylation sites (tertiary alicyclic amines) is 1. The summed E-state index contributed by atoms with van der Waals surface area (Å²) in [7, 11) is 0. The van der Waals surface area contributed by atoms with Crippen molar-refractivity contribution in [1.82, 2.24) is 14.9 Å². The highest BCUT2D eigenvalue weighted by Crippen LogP contribution is 2.34. The van der Waals surface area contributed by atoms with Crippen LogP contribution in [-0.4, -0.2) is 44.9 Å². The van der Waals surface area contributed by atoms with Gasteiger partial charge in [-0.2, -0.15) is 0 Å². The molecule has 0 bridgehead atoms. The second-order valence-electron chi connectivity index (χ2n) is 9.13. The van der Waals surface area contributed by atoms with Gasteiger partial charge in [0.2, 0.25) is 5.91 Å². The van der Waals surface area contributed by atoms with Gasteiger partial charge in [-0.25, -0.2) is 9.78 Å². The number of aryl methyl sites for hydroxylation is 2. The molecule has 0 radical (unpaired) electrons. The molecule has 1 amide bonds. The topological polar surface area (TPSA) is 129 Å². The Morgan fingerprint density at radius 2 is 2.15 bits per heavy atom. The van der Waals surface area contributed by atoms with E-state index in [2.05, 4.69) is 22.4 Å². The summed E-state index contributed by atoms with van der Waals surface area (Å²) in [6, 6.07) is 8.70. The third-order valence-electron chi connectivity index (χ3n) is 6.86. The lowest BCUT2D eigenvalue weighted by atomic mass is 9.98. The van der Waals surface area contributed by atoms with E-state index >= 15 is 0 Å². The highest BCUT2D eigenvalue weighted by atomic mass is 16.4. The van der Waals surface area contributed by atoms with E-state index in [9.17, 15) is 19.5 Å². The van der Waals surface area contributed by atoms with Crippen LogP contribution in [-0.2, 0) is 22.4 Å². The number of fused-ring (bicyclic) bond motifs is 2. The first kappa shape index (κ1) is 22.2. The van der Waals surface area contributed by atoms with Gasteiger partial charge in [0.25, 0.3) is 0 Å². The number of aliphatic carboxylic acids is 1. The lowest BCUT2D eigenvalue weighted by molar-refractivity contribution is -0.140. The van der Waals surface area contributed by atoms with Gasteiger partial charge in [0, 0.05) is 24.7 Å². The SMILES string of the molecule is O=C(O)CC(c1ccc2[nH]c(=O)oc2c1)N1CCC(CCCc2ccc3c(n2)NCCC3)C1=O. The summed E-state index contributed by atoms with van der Waals surface area (Å²) in [5.41, 5.74) is 3.84. The van der Waals surface area contributed by atoms with Crippen LogP contribution in [0.1, 0.15) is 55.0 Å². The Balaban J connectivity index is 1.25. The van der Waals surface area contributed by atoms with E-state index in [1.54, 1.807) is 23.1 Å². The number of anilines is 1. The van der Waals surface area contributed by atoms with Crippen molar-refractivity contribution in [1.29, 1.82) is 0 Å². The zero-order valence-electron chi connectivity index (χ0n) is 18.9. The molecule has 2 atom stereocenters. The van der Waals surface area contributed by atoms with Crippen LogP contribution in [0.15, 0.2) is 39.5 Å². The van der Waals surface area contributed by atoms with Gasteiger partial charge in [-0.1, -0.05) is 12.1 Å². The minimum absolute atomic E-state index is 0.0121. The molecule has 4 heterocycles. The Morgan fingerprint density at radius 3 is 3.00 bits per heavy atom. The standard InChI is InChI=1S/C25H28N4O5/c30-22(31)14-20(17-7-9-19-21(13-17)34-25(33)28-19)29-12-10-16(24(29)32)3-1-5-18-8-6-15-4-2-11-26-23(15)27-18/h6-9,13,16,20H,1-5,10-12,14H2,(H,26,27)(H,28,33)(H,30,31). The number of hydrogen-bond acceptors (Lipinski definition) is 6. The van der Waals surface area contributed by atoms with E-state index in [4.69, 9.17) is 9.40 Å². The maximum atomic E-state index is 13.2. The van der Waals surface area contributed by atoms with Crippen molar-refractivity contribution >= 4 is 28.8 Å². The molecular formula is C25H28N4O5. The van der Waals surface area contributed by atoms with Crippen molar-refractivity contribution in [3.05, 3.63) is 57.7 Å². The molecule has 9 nitrogen and oxygen atoms in total. The highest BCUT2D eigenvalue weighted by Gasteiger charge is 2.37. The average molecular weight is 465 g/mol. The number of rotatable bonds is 8. The Morgan fingerprint density at radius 1 is 1.26 bits per heavy atom. The van der Waals surface area contributed by atoms with Crippen LogP contribution in [0.25, 0.3) is 11.1 Å². The molecule has 34 heavy (non-hydrogen) atoms. The first-order valence-electron chi connectivity index (χ1n) is 11.9. The molecule has 2 aliphatic rings. The number of aromatic nitrogens is 2. The highest BCUT2D eigenvalue weighted by molar-refractivity contribution is 5.82. The molecule has 9 heteroatoms. The summed E-state index contributed by atoms with van der Waals surface area (Å²) in [4.78, 5) is 45.3. The van der Waals surface area contributed by atoms with Crippen molar-refractivity contribution in [3.63, 3.8) is 0 Å². The van der Waals surface area contributed by atoms with Crippen molar-refractivity contribution < 1.29 is 19.1 Å². The van der Waals surface area contributed by atoms with Crippen LogP contribution in [0, 0.1) is 5.92 Å². The molecule has 1 fully saturated rings. The number of pyridine rings is 1. The number of hydrogen-bond donors (Lipinski definition) is 3. The molecule has 0 saturated carbocycles. The predicted octanol–water partition coefficient (Wildman–Crippen LogP) is 3.26. The van der Waals surface area contributed by atoms with Gasteiger partial charge >= 0.3 is 11.7 Å². The number of nitrogens with one attached hydrogen (secondary N) is 2. The molecule has 2 aromatic heterocycles. The Labute approximate surface area is 196 Å². The normalized spacial score (nSPS) is 18.6. The van der Waals surface area contributed by atoms with Crippen LogP contribution in [0.5, 0.6) is 0 Å². The lowest BCUT2D eigenvalue weighted by Gasteiger charge is -2.27. The van der Waals surface area contributed by atoms with Gasteiger partial charge in [-0.15, -0.1) is 0 Å². The molecule has 2 aliphatic heterocycles. The number of amides is 1. The largest absolute Gasteiger partial charge is 0.481 e. The van der Waals surface area contributed by atoms with Crippen LogP contribution in [0.4, 0.5) is 5.82 Å². The van der Waals surface area contributed by atoms with E-state index in [-0.39, 0.29) is 18.2 Å². The second kappa shape index (κ2) is 9.32.